The van der Waals surface area contributed by atoms with E-state index in [1.807, 2.05) is 0 Å². The van der Waals surface area contributed by atoms with Gasteiger partial charge in [0.2, 0.25) is 4.80 Å². The molecule has 0 aliphatic heterocycles. The first-order valence-electron chi connectivity index (χ1n) is 5.71. The van der Waals surface area contributed by atoms with E-state index in [0.717, 1.165) is 16.9 Å². The van der Waals surface area contributed by atoms with Gasteiger partial charge in [-0.05, 0) is 43.7 Å². The number of aromatic hydroxyl groups is 1. The Morgan fingerprint density at radius 2 is 2.06 bits per heavy atom. The fourth-order valence-electron chi connectivity index (χ4n) is 1.58. The van der Waals surface area contributed by atoms with Crippen LogP contribution in [-0.4, -0.2) is 15.9 Å². The molecule has 0 spiro atoms. The summed E-state index contributed by atoms with van der Waals surface area (Å²) in [5.74, 6) is 0.252. The Morgan fingerprint density at radius 1 is 1.33 bits per heavy atom. The van der Waals surface area contributed by atoms with Gasteiger partial charge in [-0.2, -0.15) is 5.10 Å². The predicted octanol–water partition coefficient (Wildman–Crippen LogP) is 2.52. The lowest BCUT2D eigenvalue weighted by Crippen LogP contribution is -2.14. The van der Waals surface area contributed by atoms with Crippen molar-refractivity contribution in [2.24, 2.45) is 10.2 Å². The van der Waals surface area contributed by atoms with Crippen molar-refractivity contribution < 1.29 is 5.11 Å². The molecule has 0 saturated heterocycles. The number of hydrogen-bond acceptors (Lipinski definition) is 4. The summed E-state index contributed by atoms with van der Waals surface area (Å²) >= 11 is 1.58. The van der Waals surface area contributed by atoms with E-state index < -0.39 is 0 Å². The monoisotopic (exact) mass is 261 g/mol. The van der Waals surface area contributed by atoms with Crippen molar-refractivity contribution in [2.45, 2.75) is 20.4 Å². The topological polar surface area (TPSA) is 49.9 Å². The third-order valence-electron chi connectivity index (χ3n) is 2.55. The molecule has 2 aromatic rings. The van der Waals surface area contributed by atoms with Crippen molar-refractivity contribution in [3.63, 3.8) is 0 Å². The van der Waals surface area contributed by atoms with Crippen molar-refractivity contribution in [1.82, 2.24) is 4.57 Å². The van der Waals surface area contributed by atoms with Gasteiger partial charge in [0, 0.05) is 17.6 Å². The molecule has 1 heterocycles. The van der Waals surface area contributed by atoms with E-state index in [-0.39, 0.29) is 5.75 Å². The summed E-state index contributed by atoms with van der Waals surface area (Å²) in [6.45, 7) is 5.04. The zero-order chi connectivity index (χ0) is 13.0. The van der Waals surface area contributed by atoms with Crippen molar-refractivity contribution in [3.05, 3.63) is 45.7 Å². The molecule has 0 aliphatic rings. The summed E-state index contributed by atoms with van der Waals surface area (Å²) in [5, 5.41) is 19.5. The van der Waals surface area contributed by atoms with Crippen LogP contribution in [0.4, 0.5) is 0 Å². The number of thiazole rings is 1. The summed E-state index contributed by atoms with van der Waals surface area (Å²) < 4.78 is 2.11. The van der Waals surface area contributed by atoms with Gasteiger partial charge in [0.1, 0.15) is 5.75 Å². The Bertz CT molecular complexity index is 608. The summed E-state index contributed by atoms with van der Waals surface area (Å²) in [7, 11) is 0. The molecule has 0 bridgehead atoms. The highest BCUT2D eigenvalue weighted by molar-refractivity contribution is 7.07. The Morgan fingerprint density at radius 3 is 2.72 bits per heavy atom. The average Bonchev–Trinajstić information content (AvgIpc) is 2.72. The van der Waals surface area contributed by atoms with Gasteiger partial charge in [-0.1, -0.05) is 0 Å². The molecule has 0 radical (unpaired) electrons. The van der Waals surface area contributed by atoms with E-state index in [0.29, 0.717) is 0 Å². The van der Waals surface area contributed by atoms with E-state index in [2.05, 4.69) is 34.0 Å². The Kier molecular flexibility index (Phi) is 3.94. The number of nitrogens with zero attached hydrogens (tertiary/aromatic N) is 3. The molecule has 94 valence electrons. The van der Waals surface area contributed by atoms with Crippen LogP contribution in [0.15, 0.2) is 39.8 Å². The van der Waals surface area contributed by atoms with Crippen LogP contribution in [0.1, 0.15) is 18.2 Å². The van der Waals surface area contributed by atoms with E-state index in [9.17, 15) is 0 Å². The minimum Gasteiger partial charge on any atom is -0.508 e. The number of phenolic OH excluding ortho intramolecular Hbond substituents is 1. The van der Waals surface area contributed by atoms with Crippen molar-refractivity contribution in [2.75, 3.05) is 0 Å². The zero-order valence-corrected chi connectivity index (χ0v) is 11.2. The van der Waals surface area contributed by atoms with Gasteiger partial charge < -0.3 is 9.67 Å². The molecule has 5 heteroatoms. The molecule has 1 aromatic heterocycles. The molecule has 1 aromatic carbocycles. The van der Waals surface area contributed by atoms with Crippen molar-refractivity contribution in [1.29, 1.82) is 0 Å². The summed E-state index contributed by atoms with van der Waals surface area (Å²) in [4.78, 5) is 0.894. The third kappa shape index (κ3) is 2.87. The lowest BCUT2D eigenvalue weighted by atomic mass is 10.2. The van der Waals surface area contributed by atoms with E-state index >= 15 is 0 Å². The Hall–Kier alpha value is -1.88. The first-order chi connectivity index (χ1) is 8.70. The number of aryl methyl sites for hydroxylation is 1. The predicted molar refractivity (Wildman–Crippen MR) is 74.0 cm³/mol. The smallest absolute Gasteiger partial charge is 0.210 e. The molecule has 1 N–H and O–H groups in total. The van der Waals surface area contributed by atoms with Crippen LogP contribution >= 0.6 is 11.3 Å². The maximum atomic E-state index is 9.16. The molecule has 2 rings (SSSR count). The van der Waals surface area contributed by atoms with Gasteiger partial charge >= 0.3 is 0 Å². The fourth-order valence-corrected chi connectivity index (χ4v) is 2.48. The normalized spacial score (nSPS) is 12.4. The number of hydrogen-bond donors (Lipinski definition) is 1. The minimum absolute atomic E-state index is 0.252. The molecule has 4 nitrogen and oxygen atoms in total. The van der Waals surface area contributed by atoms with Gasteiger partial charge in [-0.3, -0.25) is 0 Å². The lowest BCUT2D eigenvalue weighted by Gasteiger charge is -1.98. The molecule has 0 saturated carbocycles. The van der Waals surface area contributed by atoms with Crippen LogP contribution in [0.5, 0.6) is 5.75 Å². The van der Waals surface area contributed by atoms with Gasteiger partial charge in [0.05, 0.1) is 6.21 Å². The highest BCUT2D eigenvalue weighted by atomic mass is 32.1. The van der Waals surface area contributed by atoms with Gasteiger partial charge in [0.15, 0.2) is 0 Å². The standard InChI is InChI=1S/C13H15N3OS/c1-3-16-10(2)9-18-13(16)15-14-8-11-4-6-12(17)7-5-11/h4-9,17H,3H2,1-2H3/b14-8-,15-13-. The highest BCUT2D eigenvalue weighted by Gasteiger charge is 1.96. The number of phenols is 1. The molecule has 0 amide bonds. The molecule has 0 unspecified atom stereocenters. The molecule has 0 atom stereocenters. The lowest BCUT2D eigenvalue weighted by molar-refractivity contribution is 0.475. The van der Waals surface area contributed by atoms with E-state index in [1.54, 1.807) is 41.8 Å². The number of benzene rings is 1. The maximum Gasteiger partial charge on any atom is 0.210 e. The van der Waals surface area contributed by atoms with Gasteiger partial charge in [0.25, 0.3) is 0 Å². The summed E-state index contributed by atoms with van der Waals surface area (Å²) in [6, 6.07) is 6.84. The van der Waals surface area contributed by atoms with Crippen molar-refractivity contribution in [3.8, 4) is 5.75 Å². The van der Waals surface area contributed by atoms with Gasteiger partial charge in [-0.15, -0.1) is 16.4 Å². The molecule has 18 heavy (non-hydrogen) atoms. The SMILES string of the molecule is CCn1c(C)cs/c1=N\N=C/c1ccc(O)cc1. The fraction of sp³-hybridized carbons (Fsp3) is 0.231. The van der Waals surface area contributed by atoms with Crippen LogP contribution in [-0.2, 0) is 6.54 Å². The second-order valence-electron chi connectivity index (χ2n) is 3.84. The Balaban J connectivity index is 2.22. The van der Waals surface area contributed by atoms with Crippen LogP contribution in [0, 0.1) is 6.92 Å². The van der Waals surface area contributed by atoms with E-state index in [1.165, 1.54) is 5.69 Å². The highest BCUT2D eigenvalue weighted by Crippen LogP contribution is 2.07. The summed E-state index contributed by atoms with van der Waals surface area (Å²) in [6.07, 6.45) is 1.68. The van der Waals surface area contributed by atoms with E-state index in [4.69, 9.17) is 5.11 Å². The maximum absolute atomic E-state index is 9.16. The molecule has 0 fully saturated rings. The summed E-state index contributed by atoms with van der Waals surface area (Å²) in [5.41, 5.74) is 2.11. The molecular weight excluding hydrogens is 246 g/mol. The van der Waals surface area contributed by atoms with Crippen LogP contribution in [0.25, 0.3) is 0 Å². The van der Waals surface area contributed by atoms with Crippen LogP contribution in [0.2, 0.25) is 0 Å². The average molecular weight is 261 g/mol. The molecule has 0 aliphatic carbocycles. The zero-order valence-electron chi connectivity index (χ0n) is 10.4. The number of aromatic nitrogens is 1. The second-order valence-corrected chi connectivity index (χ2v) is 4.68. The Labute approximate surface area is 110 Å². The van der Waals surface area contributed by atoms with Crippen LogP contribution < -0.4 is 4.80 Å². The number of rotatable bonds is 3. The largest absolute Gasteiger partial charge is 0.508 e. The van der Waals surface area contributed by atoms with Crippen molar-refractivity contribution >= 4 is 17.6 Å². The molecular formula is C13H15N3OS. The van der Waals surface area contributed by atoms with Gasteiger partial charge in [-0.25, -0.2) is 0 Å². The third-order valence-corrected chi connectivity index (χ3v) is 3.52. The first-order valence-corrected chi connectivity index (χ1v) is 6.59. The quantitative estimate of drug-likeness (QED) is 0.670. The second kappa shape index (κ2) is 5.64. The van der Waals surface area contributed by atoms with Crippen LogP contribution in [0.3, 0.4) is 0 Å². The first kappa shape index (κ1) is 12.6. The minimum atomic E-state index is 0.252.